The van der Waals surface area contributed by atoms with Gasteiger partial charge in [0.05, 0.1) is 22.3 Å². The first-order valence-corrected chi connectivity index (χ1v) is 13.1. The normalized spacial score (nSPS) is 12.0. The van der Waals surface area contributed by atoms with E-state index in [1.807, 2.05) is 30.3 Å². The number of nitrogens with one attached hydrogen (secondary N) is 2. The standard InChI is InChI=1S/C31H25F6N5/c32-30(33,34)22-9-11-23(12-10-22)40-29-24-13-8-21(28-25(31(35,36)37)7-4-16-39-28)19-26(24)41-27(42-29)15-18-38-17-14-20-5-2-1-3-6-20/h1-13,16,19,38H,14-15,17-18H2,(H,40,41,42). The Hall–Kier alpha value is -4.51. The minimum absolute atomic E-state index is 0.224. The molecular formula is C31H25F6N5. The first-order valence-electron chi connectivity index (χ1n) is 13.1. The van der Waals surface area contributed by atoms with Gasteiger partial charge in [-0.25, -0.2) is 9.97 Å². The van der Waals surface area contributed by atoms with Gasteiger partial charge in [-0.2, -0.15) is 26.3 Å². The fourth-order valence-corrected chi connectivity index (χ4v) is 4.48. The Morgan fingerprint density at radius 2 is 1.43 bits per heavy atom. The van der Waals surface area contributed by atoms with Crippen molar-refractivity contribution in [1.29, 1.82) is 0 Å². The molecule has 0 saturated heterocycles. The van der Waals surface area contributed by atoms with Crippen LogP contribution in [-0.2, 0) is 25.2 Å². The summed E-state index contributed by atoms with van der Waals surface area (Å²) in [6.45, 7) is 1.26. The van der Waals surface area contributed by atoms with Crippen LogP contribution >= 0.6 is 0 Å². The van der Waals surface area contributed by atoms with E-state index in [0.717, 1.165) is 31.2 Å². The Kier molecular flexibility index (Phi) is 8.39. The number of alkyl halides is 6. The van der Waals surface area contributed by atoms with Crippen LogP contribution in [0.2, 0.25) is 0 Å². The molecule has 0 radical (unpaired) electrons. The molecule has 5 rings (SSSR count). The molecule has 0 atom stereocenters. The largest absolute Gasteiger partial charge is 0.418 e. The maximum Gasteiger partial charge on any atom is 0.418 e. The Labute approximate surface area is 237 Å². The number of aromatic nitrogens is 3. The van der Waals surface area contributed by atoms with Crippen molar-refractivity contribution < 1.29 is 26.3 Å². The molecule has 42 heavy (non-hydrogen) atoms. The zero-order valence-corrected chi connectivity index (χ0v) is 22.1. The first-order chi connectivity index (χ1) is 20.1. The summed E-state index contributed by atoms with van der Waals surface area (Å²) in [6, 6.07) is 21.3. The summed E-state index contributed by atoms with van der Waals surface area (Å²) in [5.74, 6) is 0.737. The lowest BCUT2D eigenvalue weighted by atomic mass is 10.0. The van der Waals surface area contributed by atoms with E-state index in [9.17, 15) is 26.3 Å². The highest BCUT2D eigenvalue weighted by molar-refractivity contribution is 5.93. The van der Waals surface area contributed by atoms with Crippen molar-refractivity contribution in [3.8, 4) is 11.3 Å². The lowest BCUT2D eigenvalue weighted by Crippen LogP contribution is -2.21. The second kappa shape index (κ2) is 12.2. The van der Waals surface area contributed by atoms with E-state index in [1.54, 1.807) is 6.07 Å². The van der Waals surface area contributed by atoms with Crippen LogP contribution in [-0.4, -0.2) is 28.0 Å². The smallest absolute Gasteiger partial charge is 0.340 e. The van der Waals surface area contributed by atoms with Crippen LogP contribution in [0.15, 0.2) is 91.1 Å². The topological polar surface area (TPSA) is 62.7 Å². The molecule has 2 heterocycles. The van der Waals surface area contributed by atoms with Crippen molar-refractivity contribution >= 4 is 22.4 Å². The van der Waals surface area contributed by atoms with Crippen LogP contribution in [0.25, 0.3) is 22.2 Å². The van der Waals surface area contributed by atoms with Crippen LogP contribution < -0.4 is 10.6 Å². The average molecular weight is 582 g/mol. The summed E-state index contributed by atoms with van der Waals surface area (Å²) >= 11 is 0. The van der Waals surface area contributed by atoms with E-state index >= 15 is 0 Å². The maximum atomic E-state index is 13.7. The first kappa shape index (κ1) is 29.0. The van der Waals surface area contributed by atoms with Crippen LogP contribution in [0.3, 0.4) is 0 Å². The predicted octanol–water partition coefficient (Wildman–Crippen LogP) is 7.85. The lowest BCUT2D eigenvalue weighted by Gasteiger charge is -2.15. The van der Waals surface area contributed by atoms with E-state index in [2.05, 4.69) is 25.6 Å². The zero-order chi connectivity index (χ0) is 29.7. The van der Waals surface area contributed by atoms with E-state index in [-0.39, 0.29) is 11.3 Å². The monoisotopic (exact) mass is 581 g/mol. The van der Waals surface area contributed by atoms with Crippen LogP contribution in [0, 0.1) is 0 Å². The van der Waals surface area contributed by atoms with Crippen molar-refractivity contribution in [2.75, 3.05) is 18.4 Å². The highest BCUT2D eigenvalue weighted by Crippen LogP contribution is 2.37. The van der Waals surface area contributed by atoms with E-state index in [0.29, 0.717) is 41.2 Å². The van der Waals surface area contributed by atoms with Gasteiger partial charge < -0.3 is 10.6 Å². The number of anilines is 2. The summed E-state index contributed by atoms with van der Waals surface area (Å²) in [5, 5.41) is 6.88. The molecule has 0 aliphatic carbocycles. The minimum Gasteiger partial charge on any atom is -0.340 e. The Morgan fingerprint density at radius 1 is 0.690 bits per heavy atom. The fourth-order valence-electron chi connectivity index (χ4n) is 4.48. The van der Waals surface area contributed by atoms with Crippen molar-refractivity contribution in [1.82, 2.24) is 20.3 Å². The van der Waals surface area contributed by atoms with Crippen molar-refractivity contribution in [3.05, 3.63) is 114 Å². The molecular weight excluding hydrogens is 556 g/mol. The predicted molar refractivity (Wildman–Crippen MR) is 149 cm³/mol. The molecule has 2 aromatic heterocycles. The minimum atomic E-state index is -4.60. The fraction of sp³-hybridized carbons (Fsp3) is 0.194. The number of rotatable bonds is 9. The van der Waals surface area contributed by atoms with E-state index in [1.165, 1.54) is 42.1 Å². The molecule has 5 nitrogen and oxygen atoms in total. The molecule has 216 valence electrons. The average Bonchev–Trinajstić information content (AvgIpc) is 2.96. The molecule has 3 aromatic carbocycles. The van der Waals surface area contributed by atoms with Gasteiger partial charge in [0, 0.05) is 35.8 Å². The number of nitrogens with zero attached hydrogens (tertiary/aromatic N) is 3. The van der Waals surface area contributed by atoms with Crippen molar-refractivity contribution in [3.63, 3.8) is 0 Å². The summed E-state index contributed by atoms with van der Waals surface area (Å²) in [7, 11) is 0. The number of halogens is 6. The van der Waals surface area contributed by atoms with Gasteiger partial charge in [-0.15, -0.1) is 0 Å². The number of fused-ring (bicyclic) bond motifs is 1. The van der Waals surface area contributed by atoms with E-state index < -0.39 is 23.5 Å². The molecule has 0 saturated carbocycles. The lowest BCUT2D eigenvalue weighted by molar-refractivity contribution is -0.138. The van der Waals surface area contributed by atoms with Crippen molar-refractivity contribution in [2.45, 2.75) is 25.2 Å². The van der Waals surface area contributed by atoms with Gasteiger partial charge in [-0.1, -0.05) is 36.4 Å². The maximum absolute atomic E-state index is 13.7. The van der Waals surface area contributed by atoms with Gasteiger partial charge in [-0.05, 0) is 67.1 Å². The quantitative estimate of drug-likeness (QED) is 0.137. The second-order valence-electron chi connectivity index (χ2n) is 9.55. The summed E-state index contributed by atoms with van der Waals surface area (Å²) in [5.41, 5.74) is 0.259. The molecule has 0 unspecified atom stereocenters. The van der Waals surface area contributed by atoms with Crippen LogP contribution in [0.1, 0.15) is 22.5 Å². The SMILES string of the molecule is FC(F)(F)c1ccc(Nc2nc(CCNCCc3ccccc3)nc3cc(-c4ncccc4C(F)(F)F)ccc23)cc1. The number of hydrogen-bond donors (Lipinski definition) is 2. The van der Waals surface area contributed by atoms with Crippen LogP contribution in [0.5, 0.6) is 0 Å². The molecule has 0 aliphatic rings. The van der Waals surface area contributed by atoms with Gasteiger partial charge >= 0.3 is 12.4 Å². The molecule has 11 heteroatoms. The Balaban J connectivity index is 1.44. The second-order valence-corrected chi connectivity index (χ2v) is 9.55. The van der Waals surface area contributed by atoms with Gasteiger partial charge in [0.2, 0.25) is 0 Å². The summed E-state index contributed by atoms with van der Waals surface area (Å²) in [6.07, 6.45) is -6.55. The number of hydrogen-bond acceptors (Lipinski definition) is 5. The molecule has 0 bridgehead atoms. The third-order valence-electron chi connectivity index (χ3n) is 6.56. The molecule has 0 amide bonds. The van der Waals surface area contributed by atoms with Gasteiger partial charge in [0.1, 0.15) is 11.6 Å². The molecule has 0 aliphatic heterocycles. The van der Waals surface area contributed by atoms with E-state index in [4.69, 9.17) is 0 Å². The molecule has 0 spiro atoms. The van der Waals surface area contributed by atoms with Crippen LogP contribution in [0.4, 0.5) is 37.8 Å². The Bertz CT molecular complexity index is 1650. The molecule has 5 aromatic rings. The third-order valence-corrected chi connectivity index (χ3v) is 6.56. The highest BCUT2D eigenvalue weighted by Gasteiger charge is 2.34. The Morgan fingerprint density at radius 3 is 2.14 bits per heavy atom. The third kappa shape index (κ3) is 7.03. The molecule has 0 fully saturated rings. The number of pyridine rings is 1. The zero-order valence-electron chi connectivity index (χ0n) is 22.1. The summed E-state index contributed by atoms with van der Waals surface area (Å²) in [4.78, 5) is 13.2. The number of benzene rings is 3. The van der Waals surface area contributed by atoms with Gasteiger partial charge in [0.25, 0.3) is 0 Å². The van der Waals surface area contributed by atoms with Crippen molar-refractivity contribution in [2.24, 2.45) is 0 Å². The van der Waals surface area contributed by atoms with Gasteiger partial charge in [-0.3, -0.25) is 4.98 Å². The molecule has 2 N–H and O–H groups in total. The highest BCUT2D eigenvalue weighted by atomic mass is 19.4. The summed E-state index contributed by atoms with van der Waals surface area (Å²) < 4.78 is 80.1. The van der Waals surface area contributed by atoms with Gasteiger partial charge in [0.15, 0.2) is 0 Å².